The minimum Gasteiger partial charge on any atom is -0.347 e. The first-order chi connectivity index (χ1) is 11.5. The van der Waals surface area contributed by atoms with Gasteiger partial charge in [0.15, 0.2) is 0 Å². The Labute approximate surface area is 151 Å². The molecule has 1 aliphatic carbocycles. The van der Waals surface area contributed by atoms with Crippen molar-refractivity contribution in [3.05, 3.63) is 40.5 Å². The summed E-state index contributed by atoms with van der Waals surface area (Å²) >= 11 is 0. The standard InChI is InChI=1S/C21H30N2O2/c1-12(2)8-16-18(21(16,6)7)20(25)22-11-17(24)23-19-14(4)9-13(3)10-15(19)5/h8-10,16,18H,11H2,1-7H3,(H,22,25)(H,23,24)/t16-,18+/m0/s1. The molecule has 0 heterocycles. The third-order valence-electron chi connectivity index (χ3n) is 5.07. The molecule has 4 nitrogen and oxygen atoms in total. The Hall–Kier alpha value is -2.10. The van der Waals surface area contributed by atoms with E-state index in [-0.39, 0.29) is 35.6 Å². The number of amides is 2. The van der Waals surface area contributed by atoms with Gasteiger partial charge in [0.1, 0.15) is 0 Å². The monoisotopic (exact) mass is 342 g/mol. The molecule has 0 unspecified atom stereocenters. The summed E-state index contributed by atoms with van der Waals surface area (Å²) in [6.07, 6.45) is 2.16. The van der Waals surface area contributed by atoms with E-state index in [1.807, 2.05) is 46.8 Å². The molecule has 2 amide bonds. The Morgan fingerprint density at radius 1 is 1.12 bits per heavy atom. The molecule has 25 heavy (non-hydrogen) atoms. The van der Waals surface area contributed by atoms with Crippen LogP contribution in [0.4, 0.5) is 5.69 Å². The van der Waals surface area contributed by atoms with Gasteiger partial charge in [0, 0.05) is 5.69 Å². The first-order valence-electron chi connectivity index (χ1n) is 8.84. The van der Waals surface area contributed by atoms with Crippen LogP contribution < -0.4 is 10.6 Å². The maximum Gasteiger partial charge on any atom is 0.243 e. The summed E-state index contributed by atoms with van der Waals surface area (Å²) in [5.41, 5.74) is 5.24. The van der Waals surface area contributed by atoms with Crippen LogP contribution >= 0.6 is 0 Å². The predicted molar refractivity (Wildman–Crippen MR) is 102 cm³/mol. The highest BCUT2D eigenvalue weighted by Crippen LogP contribution is 2.59. The molecular formula is C21H30N2O2. The van der Waals surface area contributed by atoms with E-state index in [0.29, 0.717) is 0 Å². The quantitative estimate of drug-likeness (QED) is 0.797. The lowest BCUT2D eigenvalue weighted by atomic mass is 10.1. The Morgan fingerprint density at radius 3 is 2.20 bits per heavy atom. The molecule has 2 rings (SSSR count). The van der Waals surface area contributed by atoms with Crippen molar-refractivity contribution in [2.24, 2.45) is 17.3 Å². The summed E-state index contributed by atoms with van der Waals surface area (Å²) in [4.78, 5) is 24.7. The zero-order chi connectivity index (χ0) is 18.9. The van der Waals surface area contributed by atoms with Gasteiger partial charge in [-0.25, -0.2) is 0 Å². The molecule has 1 aliphatic rings. The molecule has 1 aromatic carbocycles. The SMILES string of the molecule is CC(C)=C[C@H]1[C@H](C(=O)NCC(=O)Nc2c(C)cc(C)cc2C)C1(C)C. The summed E-state index contributed by atoms with van der Waals surface area (Å²) in [6.45, 7) is 14.3. The van der Waals surface area contributed by atoms with Gasteiger partial charge >= 0.3 is 0 Å². The number of nitrogens with one attached hydrogen (secondary N) is 2. The van der Waals surface area contributed by atoms with Crippen LogP contribution in [0.3, 0.4) is 0 Å². The Kier molecular flexibility index (Phi) is 5.40. The number of carbonyl (C=O) groups is 2. The van der Waals surface area contributed by atoms with Crippen molar-refractivity contribution in [1.29, 1.82) is 0 Å². The largest absolute Gasteiger partial charge is 0.347 e. The lowest BCUT2D eigenvalue weighted by molar-refractivity contribution is -0.125. The zero-order valence-electron chi connectivity index (χ0n) is 16.4. The van der Waals surface area contributed by atoms with Gasteiger partial charge in [-0.15, -0.1) is 0 Å². The summed E-state index contributed by atoms with van der Waals surface area (Å²) in [5.74, 6) is -0.0409. The highest BCUT2D eigenvalue weighted by molar-refractivity contribution is 5.96. The molecule has 4 heteroatoms. The van der Waals surface area contributed by atoms with Gasteiger partial charge in [-0.1, -0.05) is 43.2 Å². The van der Waals surface area contributed by atoms with Gasteiger partial charge in [0.05, 0.1) is 12.5 Å². The summed E-state index contributed by atoms with van der Waals surface area (Å²) in [7, 11) is 0. The van der Waals surface area contributed by atoms with Crippen LogP contribution in [0, 0.1) is 38.0 Å². The van der Waals surface area contributed by atoms with Crippen molar-refractivity contribution in [3.8, 4) is 0 Å². The molecular weight excluding hydrogens is 312 g/mol. The molecule has 1 fully saturated rings. The van der Waals surface area contributed by atoms with E-state index in [1.165, 1.54) is 11.1 Å². The number of allylic oxidation sites excluding steroid dienone is 2. The average molecular weight is 342 g/mol. The zero-order valence-corrected chi connectivity index (χ0v) is 16.4. The number of carbonyl (C=O) groups excluding carboxylic acids is 2. The second-order valence-corrected chi connectivity index (χ2v) is 8.11. The van der Waals surface area contributed by atoms with Crippen molar-refractivity contribution < 1.29 is 9.59 Å². The number of aryl methyl sites for hydroxylation is 3. The van der Waals surface area contributed by atoms with Crippen molar-refractivity contribution in [2.45, 2.75) is 48.5 Å². The van der Waals surface area contributed by atoms with Crippen LogP contribution in [-0.2, 0) is 9.59 Å². The van der Waals surface area contributed by atoms with E-state index in [4.69, 9.17) is 0 Å². The number of rotatable bonds is 5. The number of hydrogen-bond acceptors (Lipinski definition) is 2. The lowest BCUT2D eigenvalue weighted by Gasteiger charge is -2.13. The maximum atomic E-state index is 12.4. The normalized spacial score (nSPS) is 20.6. The van der Waals surface area contributed by atoms with Crippen LogP contribution in [0.15, 0.2) is 23.8 Å². The van der Waals surface area contributed by atoms with Crippen LogP contribution in [0.1, 0.15) is 44.4 Å². The van der Waals surface area contributed by atoms with Crippen LogP contribution in [0.5, 0.6) is 0 Å². The van der Waals surface area contributed by atoms with Crippen molar-refractivity contribution >= 4 is 17.5 Å². The molecule has 1 saturated carbocycles. The first kappa shape index (κ1) is 19.2. The molecule has 0 radical (unpaired) electrons. The second kappa shape index (κ2) is 7.03. The smallest absolute Gasteiger partial charge is 0.243 e. The van der Waals surface area contributed by atoms with E-state index in [9.17, 15) is 9.59 Å². The van der Waals surface area contributed by atoms with Gasteiger partial charge in [0.2, 0.25) is 11.8 Å². The molecule has 0 bridgehead atoms. The average Bonchev–Trinajstić information content (AvgIpc) is 3.00. The topological polar surface area (TPSA) is 58.2 Å². The Balaban J connectivity index is 1.93. The Bertz CT molecular complexity index is 704. The van der Waals surface area contributed by atoms with Gasteiger partial charge in [-0.3, -0.25) is 9.59 Å². The molecule has 0 saturated heterocycles. The van der Waals surface area contributed by atoms with Crippen LogP contribution in [-0.4, -0.2) is 18.4 Å². The van der Waals surface area contributed by atoms with Gasteiger partial charge in [0.25, 0.3) is 0 Å². The third-order valence-corrected chi connectivity index (χ3v) is 5.07. The fraction of sp³-hybridized carbons (Fsp3) is 0.524. The van der Waals surface area contributed by atoms with Crippen molar-refractivity contribution in [1.82, 2.24) is 5.32 Å². The first-order valence-corrected chi connectivity index (χ1v) is 8.84. The van der Waals surface area contributed by atoms with Gasteiger partial charge < -0.3 is 10.6 Å². The molecule has 0 aliphatic heterocycles. The molecule has 2 N–H and O–H groups in total. The Morgan fingerprint density at radius 2 is 1.68 bits per heavy atom. The molecule has 0 spiro atoms. The highest BCUT2D eigenvalue weighted by atomic mass is 16.2. The van der Waals surface area contributed by atoms with E-state index in [0.717, 1.165) is 16.8 Å². The number of anilines is 1. The van der Waals surface area contributed by atoms with Gasteiger partial charge in [-0.05, 0) is 57.1 Å². The molecule has 2 atom stereocenters. The van der Waals surface area contributed by atoms with Crippen LogP contribution in [0.25, 0.3) is 0 Å². The maximum absolute atomic E-state index is 12.4. The van der Waals surface area contributed by atoms with Gasteiger partial charge in [-0.2, -0.15) is 0 Å². The van der Waals surface area contributed by atoms with E-state index < -0.39 is 0 Å². The summed E-state index contributed by atoms with van der Waals surface area (Å²) in [5, 5.41) is 5.71. The molecule has 1 aromatic rings. The summed E-state index contributed by atoms with van der Waals surface area (Å²) < 4.78 is 0. The van der Waals surface area contributed by atoms with Crippen LogP contribution in [0.2, 0.25) is 0 Å². The molecule has 0 aromatic heterocycles. The van der Waals surface area contributed by atoms with E-state index in [2.05, 4.69) is 30.6 Å². The van der Waals surface area contributed by atoms with E-state index in [1.54, 1.807) is 0 Å². The minimum absolute atomic E-state index is 0.000287. The molecule has 136 valence electrons. The fourth-order valence-electron chi connectivity index (χ4n) is 3.69. The highest BCUT2D eigenvalue weighted by Gasteiger charge is 2.60. The fourth-order valence-corrected chi connectivity index (χ4v) is 3.69. The second-order valence-electron chi connectivity index (χ2n) is 8.11. The van der Waals surface area contributed by atoms with E-state index >= 15 is 0 Å². The minimum atomic E-state index is -0.194. The number of benzene rings is 1. The third kappa shape index (κ3) is 4.30. The van der Waals surface area contributed by atoms with Crippen molar-refractivity contribution in [2.75, 3.05) is 11.9 Å². The predicted octanol–water partition coefficient (Wildman–Crippen LogP) is 3.90. The number of hydrogen-bond donors (Lipinski definition) is 2. The summed E-state index contributed by atoms with van der Waals surface area (Å²) in [6, 6.07) is 4.08. The van der Waals surface area contributed by atoms with Crippen molar-refractivity contribution in [3.63, 3.8) is 0 Å². The lowest BCUT2D eigenvalue weighted by Crippen LogP contribution is -2.35.